The van der Waals surface area contributed by atoms with Gasteiger partial charge in [0.1, 0.15) is 11.2 Å². The third-order valence-electron chi connectivity index (χ3n) is 2.80. The van der Waals surface area contributed by atoms with E-state index in [-0.39, 0.29) is 12.2 Å². The Morgan fingerprint density at radius 3 is 2.64 bits per heavy atom. The Hall–Kier alpha value is -3.36. The smallest absolute Gasteiger partial charge is 0.290 e. The Morgan fingerprint density at radius 1 is 1.27 bits per heavy atom. The number of primary amides is 1. The summed E-state index contributed by atoms with van der Waals surface area (Å²) in [4.78, 5) is 36.1. The zero-order chi connectivity index (χ0) is 16.1. The number of amides is 1. The largest absolute Gasteiger partial charge is 0.483 e. The number of nitrogens with zero attached hydrogens (tertiary/aromatic N) is 5. The van der Waals surface area contributed by atoms with E-state index < -0.39 is 5.91 Å². The maximum absolute atomic E-state index is 11.1. The van der Waals surface area contributed by atoms with Crippen molar-refractivity contribution in [3.05, 3.63) is 36.8 Å². The molecular formula is C13H12N6O3. The minimum absolute atomic E-state index is 0.116. The number of rotatable bonds is 2. The molecule has 22 heavy (non-hydrogen) atoms. The molecule has 3 heterocycles. The third kappa shape index (κ3) is 2.87. The molecule has 9 heteroatoms. The van der Waals surface area contributed by atoms with Crippen LogP contribution in [0.15, 0.2) is 31.1 Å². The van der Waals surface area contributed by atoms with Crippen molar-refractivity contribution in [3.63, 3.8) is 0 Å². The Bertz CT molecular complexity index is 830. The lowest BCUT2D eigenvalue weighted by Crippen LogP contribution is -2.13. The number of aromatic nitrogens is 5. The van der Waals surface area contributed by atoms with E-state index in [0.717, 1.165) is 11.0 Å². The number of pyridine rings is 1. The Labute approximate surface area is 124 Å². The summed E-state index contributed by atoms with van der Waals surface area (Å²) in [7, 11) is 1.88. The fourth-order valence-corrected chi connectivity index (χ4v) is 1.84. The van der Waals surface area contributed by atoms with Crippen molar-refractivity contribution >= 4 is 23.4 Å². The number of aryl methyl sites for hydroxylation is 1. The fraction of sp³-hybridized carbons (Fsp3) is 0.0769. The maximum atomic E-state index is 11.1. The lowest BCUT2D eigenvalue weighted by Gasteiger charge is -2.02. The number of hydrogen-bond acceptors (Lipinski definition) is 6. The van der Waals surface area contributed by atoms with Gasteiger partial charge in [0.25, 0.3) is 12.4 Å². The van der Waals surface area contributed by atoms with E-state index in [9.17, 15) is 4.79 Å². The van der Waals surface area contributed by atoms with Gasteiger partial charge in [-0.2, -0.15) is 0 Å². The van der Waals surface area contributed by atoms with Crippen molar-refractivity contribution in [2.45, 2.75) is 0 Å². The van der Waals surface area contributed by atoms with E-state index in [1.54, 1.807) is 24.9 Å². The summed E-state index contributed by atoms with van der Waals surface area (Å²) >= 11 is 0. The molecule has 3 N–H and O–H groups in total. The number of imidazole rings is 1. The van der Waals surface area contributed by atoms with Gasteiger partial charge in [-0.25, -0.2) is 9.97 Å². The van der Waals surface area contributed by atoms with Crippen LogP contribution < -0.4 is 5.73 Å². The highest BCUT2D eigenvalue weighted by Gasteiger charge is 2.11. The average molecular weight is 300 g/mol. The number of nitrogens with two attached hydrogens (primary N) is 1. The lowest BCUT2D eigenvalue weighted by molar-refractivity contribution is -0.122. The molecule has 0 unspecified atom stereocenters. The summed E-state index contributed by atoms with van der Waals surface area (Å²) in [5.41, 5.74) is 8.19. The number of fused-ring (bicyclic) bond motifs is 1. The standard InChI is InChI=1S/C12H10N6O.CH2O2/c1-18-6-16-11-7(2-14-5-10(11)18)8-3-15-4-9(17-8)12(13)19;2-1-3/h2-6H,1H3,(H2,13,19);1H,(H,2,3). The lowest BCUT2D eigenvalue weighted by atomic mass is 10.2. The first-order chi connectivity index (χ1) is 10.6. The SMILES string of the molecule is Cn1cnc2c(-c3cncc(C(N)=O)n3)cncc21.O=CO. The quantitative estimate of drug-likeness (QED) is 0.646. The molecule has 0 saturated heterocycles. The first kappa shape index (κ1) is 15.0. The maximum Gasteiger partial charge on any atom is 0.290 e. The van der Waals surface area contributed by atoms with Crippen LogP contribution in [0.4, 0.5) is 0 Å². The van der Waals surface area contributed by atoms with Gasteiger partial charge < -0.3 is 15.4 Å². The normalized spacial score (nSPS) is 9.86. The van der Waals surface area contributed by atoms with Crippen LogP contribution in [0.3, 0.4) is 0 Å². The van der Waals surface area contributed by atoms with Crippen molar-refractivity contribution < 1.29 is 14.7 Å². The second-order valence-corrected chi connectivity index (χ2v) is 4.17. The zero-order valence-electron chi connectivity index (χ0n) is 11.5. The predicted octanol–water partition coefficient (Wildman–Crippen LogP) is 0.225. The van der Waals surface area contributed by atoms with Crippen LogP contribution in [0, 0.1) is 0 Å². The van der Waals surface area contributed by atoms with Crippen LogP contribution in [0.5, 0.6) is 0 Å². The van der Waals surface area contributed by atoms with Gasteiger partial charge in [-0.15, -0.1) is 0 Å². The summed E-state index contributed by atoms with van der Waals surface area (Å²) < 4.78 is 1.86. The minimum Gasteiger partial charge on any atom is -0.483 e. The molecule has 0 fully saturated rings. The predicted molar refractivity (Wildman–Crippen MR) is 76.7 cm³/mol. The molecule has 3 aromatic rings. The van der Waals surface area contributed by atoms with E-state index in [1.165, 1.54) is 6.20 Å². The van der Waals surface area contributed by atoms with Crippen molar-refractivity contribution in [2.24, 2.45) is 12.8 Å². The Morgan fingerprint density at radius 2 is 1.95 bits per heavy atom. The highest BCUT2D eigenvalue weighted by molar-refractivity contribution is 5.93. The molecule has 0 radical (unpaired) electrons. The van der Waals surface area contributed by atoms with Gasteiger partial charge in [0.05, 0.1) is 36.1 Å². The van der Waals surface area contributed by atoms with Crippen LogP contribution in [0.2, 0.25) is 0 Å². The van der Waals surface area contributed by atoms with Gasteiger partial charge in [-0.3, -0.25) is 19.6 Å². The molecule has 112 valence electrons. The average Bonchev–Trinajstić information content (AvgIpc) is 2.90. The molecule has 9 nitrogen and oxygen atoms in total. The topological polar surface area (TPSA) is 137 Å². The summed E-state index contributed by atoms with van der Waals surface area (Å²) in [6.07, 6.45) is 7.94. The van der Waals surface area contributed by atoms with Gasteiger partial charge in [0, 0.05) is 18.8 Å². The van der Waals surface area contributed by atoms with Gasteiger partial charge in [-0.05, 0) is 0 Å². The molecule has 0 atom stereocenters. The van der Waals surface area contributed by atoms with Gasteiger partial charge >= 0.3 is 0 Å². The molecule has 0 saturated carbocycles. The molecule has 0 aliphatic carbocycles. The fourth-order valence-electron chi connectivity index (χ4n) is 1.84. The van der Waals surface area contributed by atoms with Crippen molar-refractivity contribution in [2.75, 3.05) is 0 Å². The van der Waals surface area contributed by atoms with Crippen LogP contribution in [0.1, 0.15) is 10.5 Å². The number of hydrogen-bond donors (Lipinski definition) is 2. The molecular weight excluding hydrogens is 288 g/mol. The summed E-state index contributed by atoms with van der Waals surface area (Å²) in [6.45, 7) is -0.250. The first-order valence-corrected chi connectivity index (χ1v) is 6.03. The van der Waals surface area contributed by atoms with E-state index in [4.69, 9.17) is 15.6 Å². The Balaban J connectivity index is 0.000000545. The molecule has 0 bridgehead atoms. The van der Waals surface area contributed by atoms with E-state index >= 15 is 0 Å². The Kier molecular flexibility index (Phi) is 4.37. The first-order valence-electron chi connectivity index (χ1n) is 6.03. The van der Waals surface area contributed by atoms with E-state index in [2.05, 4.69) is 19.9 Å². The highest BCUT2D eigenvalue weighted by Crippen LogP contribution is 2.24. The number of carbonyl (C=O) groups is 2. The highest BCUT2D eigenvalue weighted by atomic mass is 16.3. The molecule has 3 rings (SSSR count). The van der Waals surface area contributed by atoms with E-state index in [1.807, 2.05) is 11.6 Å². The van der Waals surface area contributed by atoms with Gasteiger partial charge in [0.2, 0.25) is 0 Å². The van der Waals surface area contributed by atoms with Gasteiger partial charge in [0.15, 0.2) is 0 Å². The third-order valence-corrected chi connectivity index (χ3v) is 2.80. The monoisotopic (exact) mass is 300 g/mol. The minimum atomic E-state index is -0.615. The summed E-state index contributed by atoms with van der Waals surface area (Å²) in [6, 6.07) is 0. The molecule has 0 aliphatic rings. The summed E-state index contributed by atoms with van der Waals surface area (Å²) in [5.74, 6) is -0.615. The van der Waals surface area contributed by atoms with Crippen molar-refractivity contribution in [3.8, 4) is 11.3 Å². The second kappa shape index (κ2) is 6.39. The van der Waals surface area contributed by atoms with Crippen LogP contribution in [-0.4, -0.2) is 42.0 Å². The summed E-state index contributed by atoms with van der Waals surface area (Å²) in [5, 5.41) is 6.89. The molecule has 0 aromatic carbocycles. The number of carbonyl (C=O) groups excluding carboxylic acids is 1. The zero-order valence-corrected chi connectivity index (χ0v) is 11.5. The molecule has 0 aliphatic heterocycles. The second-order valence-electron chi connectivity index (χ2n) is 4.17. The van der Waals surface area contributed by atoms with Crippen LogP contribution in [0.25, 0.3) is 22.3 Å². The van der Waals surface area contributed by atoms with E-state index in [0.29, 0.717) is 11.3 Å². The van der Waals surface area contributed by atoms with Crippen LogP contribution in [-0.2, 0) is 11.8 Å². The van der Waals surface area contributed by atoms with Gasteiger partial charge in [-0.1, -0.05) is 0 Å². The van der Waals surface area contributed by atoms with Crippen LogP contribution >= 0.6 is 0 Å². The van der Waals surface area contributed by atoms with Crippen molar-refractivity contribution in [1.29, 1.82) is 0 Å². The molecule has 1 amide bonds. The van der Waals surface area contributed by atoms with Crippen molar-refractivity contribution in [1.82, 2.24) is 24.5 Å². The number of carboxylic acid groups (broad SMARTS) is 1. The molecule has 3 aromatic heterocycles. The molecule has 0 spiro atoms.